The summed E-state index contributed by atoms with van der Waals surface area (Å²) < 4.78 is 0. The molecular weight excluding hydrogens is 404 g/mol. The van der Waals surface area contributed by atoms with Crippen molar-refractivity contribution in [1.82, 2.24) is 10.6 Å². The number of nitrogens with one attached hydrogen (secondary N) is 2. The third kappa shape index (κ3) is 4.01. The van der Waals surface area contributed by atoms with Crippen LogP contribution in [-0.4, -0.2) is 52.8 Å². The molecule has 2 heterocycles. The van der Waals surface area contributed by atoms with Gasteiger partial charge in [0.1, 0.15) is 12.1 Å². The SMILES string of the molecule is O=C[C@H]1NCC(=S)C1C(=O)[C@H]1NCC(=S)C1C(=O)C[C@H]1CCc2ccccc2C1. The minimum Gasteiger partial charge on any atom is -0.302 e. The van der Waals surface area contributed by atoms with E-state index in [-0.39, 0.29) is 17.5 Å². The second-order valence-corrected chi connectivity index (χ2v) is 9.29. The van der Waals surface area contributed by atoms with Crippen molar-refractivity contribution in [1.29, 1.82) is 0 Å². The van der Waals surface area contributed by atoms with Gasteiger partial charge in [-0.05, 0) is 36.3 Å². The van der Waals surface area contributed by atoms with E-state index in [4.69, 9.17) is 24.4 Å². The molecular formula is C22H24N2O3S2. The predicted octanol–water partition coefficient (Wildman–Crippen LogP) is 1.43. The van der Waals surface area contributed by atoms with E-state index in [9.17, 15) is 14.4 Å². The average molecular weight is 429 g/mol. The van der Waals surface area contributed by atoms with Crippen molar-refractivity contribution in [3.05, 3.63) is 35.4 Å². The number of hydrogen-bond donors (Lipinski definition) is 2. The third-order valence-electron chi connectivity index (χ3n) is 6.44. The van der Waals surface area contributed by atoms with Gasteiger partial charge in [0.2, 0.25) is 0 Å². The van der Waals surface area contributed by atoms with Crippen LogP contribution >= 0.6 is 24.4 Å². The zero-order valence-corrected chi connectivity index (χ0v) is 17.7. The molecule has 3 aliphatic rings. The van der Waals surface area contributed by atoms with Gasteiger partial charge in [-0.3, -0.25) is 9.59 Å². The number of carbonyl (C=O) groups excluding carboxylic acids is 3. The van der Waals surface area contributed by atoms with Crippen LogP contribution in [0.1, 0.15) is 24.0 Å². The number of benzene rings is 1. The number of aldehydes is 1. The number of rotatable bonds is 6. The van der Waals surface area contributed by atoms with Crippen molar-refractivity contribution in [2.24, 2.45) is 17.8 Å². The molecule has 5 atom stereocenters. The standard InChI is InChI=1S/C22H24N2O3S2/c25-11-15-19(17(28)9-23-15)22(27)21-20(18(29)10-24-21)16(26)8-12-5-6-13-3-1-2-4-14(13)7-12/h1-4,11-12,15,19-21,23-24H,5-10H2/t12-,15+,19?,20?,21-/m0/s1. The molecule has 2 N–H and O–H groups in total. The van der Waals surface area contributed by atoms with E-state index in [1.165, 1.54) is 11.1 Å². The van der Waals surface area contributed by atoms with Gasteiger partial charge in [0.25, 0.3) is 0 Å². The lowest BCUT2D eigenvalue weighted by molar-refractivity contribution is -0.130. The topological polar surface area (TPSA) is 75.3 Å². The molecule has 0 saturated carbocycles. The lowest BCUT2D eigenvalue weighted by Crippen LogP contribution is -2.47. The maximum absolute atomic E-state index is 13.2. The molecule has 7 heteroatoms. The zero-order valence-electron chi connectivity index (χ0n) is 16.1. The van der Waals surface area contributed by atoms with Crippen LogP contribution in [0.4, 0.5) is 0 Å². The van der Waals surface area contributed by atoms with Gasteiger partial charge < -0.3 is 15.4 Å². The maximum Gasteiger partial charge on any atom is 0.160 e. The molecule has 152 valence electrons. The van der Waals surface area contributed by atoms with Crippen LogP contribution in [0.5, 0.6) is 0 Å². The Labute approximate surface area is 181 Å². The van der Waals surface area contributed by atoms with Gasteiger partial charge in [-0.25, -0.2) is 0 Å². The molecule has 0 aromatic heterocycles. The quantitative estimate of drug-likeness (QED) is 0.524. The number of fused-ring (bicyclic) bond motifs is 1. The Kier molecular flexibility index (Phi) is 6.11. The zero-order chi connectivity index (χ0) is 20.5. The van der Waals surface area contributed by atoms with Crippen molar-refractivity contribution < 1.29 is 14.4 Å². The Bertz CT molecular complexity index is 885. The second kappa shape index (κ2) is 8.60. The monoisotopic (exact) mass is 428 g/mol. The Morgan fingerprint density at radius 1 is 1.03 bits per heavy atom. The van der Waals surface area contributed by atoms with E-state index < -0.39 is 23.9 Å². The molecule has 0 spiro atoms. The van der Waals surface area contributed by atoms with Crippen molar-refractivity contribution in [2.45, 2.75) is 37.8 Å². The van der Waals surface area contributed by atoms with Gasteiger partial charge in [-0.1, -0.05) is 48.7 Å². The Hall–Kier alpha value is -1.67. The van der Waals surface area contributed by atoms with Crippen LogP contribution in [0.15, 0.2) is 24.3 Å². The van der Waals surface area contributed by atoms with E-state index in [2.05, 4.69) is 28.8 Å². The van der Waals surface area contributed by atoms with E-state index in [0.717, 1.165) is 25.5 Å². The number of Topliss-reactive ketones (excluding diaryl/α,β-unsaturated/α-hetero) is 2. The molecule has 2 saturated heterocycles. The van der Waals surface area contributed by atoms with E-state index in [1.54, 1.807) is 0 Å². The third-order valence-corrected chi connectivity index (χ3v) is 7.24. The van der Waals surface area contributed by atoms with Crippen LogP contribution < -0.4 is 10.6 Å². The highest BCUT2D eigenvalue weighted by molar-refractivity contribution is 7.80. The fraction of sp³-hybridized carbons (Fsp3) is 0.500. The summed E-state index contributed by atoms with van der Waals surface area (Å²) in [5.74, 6) is -1.16. The minimum absolute atomic E-state index is 0.0299. The Morgan fingerprint density at radius 3 is 2.48 bits per heavy atom. The summed E-state index contributed by atoms with van der Waals surface area (Å²) in [5.41, 5.74) is 2.68. The predicted molar refractivity (Wildman–Crippen MR) is 118 cm³/mol. The number of ketones is 2. The lowest BCUT2D eigenvalue weighted by Gasteiger charge is -2.27. The van der Waals surface area contributed by atoms with Gasteiger partial charge in [0.15, 0.2) is 5.78 Å². The molecule has 1 aromatic carbocycles. The molecule has 0 bridgehead atoms. The highest BCUT2D eigenvalue weighted by atomic mass is 32.1. The number of aryl methyl sites for hydroxylation is 1. The van der Waals surface area contributed by atoms with Gasteiger partial charge >= 0.3 is 0 Å². The lowest BCUT2D eigenvalue weighted by atomic mass is 9.77. The summed E-state index contributed by atoms with van der Waals surface area (Å²) in [6, 6.07) is 7.08. The molecule has 2 fully saturated rings. The summed E-state index contributed by atoms with van der Waals surface area (Å²) in [4.78, 5) is 38.8. The highest BCUT2D eigenvalue weighted by Gasteiger charge is 2.47. The van der Waals surface area contributed by atoms with Crippen molar-refractivity contribution in [3.8, 4) is 0 Å². The molecule has 0 amide bonds. The van der Waals surface area contributed by atoms with E-state index >= 15 is 0 Å². The van der Waals surface area contributed by atoms with Gasteiger partial charge in [-0.15, -0.1) is 0 Å². The van der Waals surface area contributed by atoms with E-state index in [1.807, 2.05) is 6.07 Å². The van der Waals surface area contributed by atoms with Crippen LogP contribution in [0.25, 0.3) is 0 Å². The first-order valence-electron chi connectivity index (χ1n) is 10.1. The summed E-state index contributed by atoms with van der Waals surface area (Å²) in [6.07, 6.45) is 3.99. The Morgan fingerprint density at radius 2 is 1.72 bits per heavy atom. The molecule has 0 radical (unpaired) electrons. The summed E-state index contributed by atoms with van der Waals surface area (Å²) in [7, 11) is 0. The molecule has 2 aliphatic heterocycles. The van der Waals surface area contributed by atoms with Gasteiger partial charge in [0, 0.05) is 29.2 Å². The molecule has 29 heavy (non-hydrogen) atoms. The van der Waals surface area contributed by atoms with Gasteiger partial charge in [-0.2, -0.15) is 0 Å². The fourth-order valence-corrected chi connectivity index (χ4v) is 5.61. The number of carbonyl (C=O) groups is 3. The average Bonchev–Trinajstić information content (AvgIpc) is 3.29. The number of thiocarbonyl (C=S) groups is 2. The van der Waals surface area contributed by atoms with Crippen LogP contribution in [0.3, 0.4) is 0 Å². The first kappa shape index (κ1) is 20.6. The fourth-order valence-electron chi connectivity index (χ4n) is 4.92. The first-order valence-corrected chi connectivity index (χ1v) is 10.9. The summed E-state index contributed by atoms with van der Waals surface area (Å²) >= 11 is 10.8. The van der Waals surface area contributed by atoms with E-state index in [0.29, 0.717) is 29.2 Å². The van der Waals surface area contributed by atoms with Gasteiger partial charge in [0.05, 0.1) is 23.9 Å². The highest BCUT2D eigenvalue weighted by Crippen LogP contribution is 2.31. The second-order valence-electron chi connectivity index (χ2n) is 8.24. The summed E-state index contributed by atoms with van der Waals surface area (Å²) in [6.45, 7) is 0.737. The normalized spacial score (nSPS) is 31.5. The molecule has 2 unspecified atom stereocenters. The molecule has 1 aliphatic carbocycles. The molecule has 4 rings (SSSR count). The summed E-state index contributed by atoms with van der Waals surface area (Å²) in [5, 5.41) is 6.08. The largest absolute Gasteiger partial charge is 0.302 e. The van der Waals surface area contributed by atoms with Crippen molar-refractivity contribution in [2.75, 3.05) is 13.1 Å². The maximum atomic E-state index is 13.2. The van der Waals surface area contributed by atoms with Crippen LogP contribution in [0, 0.1) is 17.8 Å². The Balaban J connectivity index is 1.47. The first-order chi connectivity index (χ1) is 14.0. The molecule has 5 nitrogen and oxygen atoms in total. The van der Waals surface area contributed by atoms with Crippen LogP contribution in [-0.2, 0) is 27.2 Å². The minimum atomic E-state index is -0.684. The molecule has 1 aromatic rings. The number of hydrogen-bond acceptors (Lipinski definition) is 7. The smallest absolute Gasteiger partial charge is 0.160 e. The van der Waals surface area contributed by atoms with Crippen molar-refractivity contribution in [3.63, 3.8) is 0 Å². The van der Waals surface area contributed by atoms with Crippen LogP contribution in [0.2, 0.25) is 0 Å². The van der Waals surface area contributed by atoms with Crippen molar-refractivity contribution >= 4 is 52.0 Å².